The van der Waals surface area contributed by atoms with Gasteiger partial charge < -0.3 is 23.6 Å². The maximum atomic E-state index is 15.6. The molecule has 1 N–H and O–H groups in total. The minimum atomic E-state index is -3.27. The second-order valence-corrected chi connectivity index (χ2v) is 13.2. The summed E-state index contributed by atoms with van der Waals surface area (Å²) in [6.45, 7) is 8.99. The number of anilines is 1. The molecule has 9 heteroatoms. The van der Waals surface area contributed by atoms with Gasteiger partial charge in [0.25, 0.3) is 11.5 Å². The van der Waals surface area contributed by atoms with Crippen LogP contribution in [0.2, 0.25) is 18.6 Å². The van der Waals surface area contributed by atoms with Crippen molar-refractivity contribution in [3.63, 3.8) is 0 Å². The molecule has 1 aromatic carbocycles. The van der Waals surface area contributed by atoms with Crippen molar-refractivity contribution in [3.8, 4) is 11.4 Å². The number of hydrogen-bond donors (Lipinski definition) is 1. The van der Waals surface area contributed by atoms with E-state index in [0.29, 0.717) is 16.9 Å². The molecule has 0 radical (unpaired) electrons. The quantitative estimate of drug-likeness (QED) is 0.368. The lowest BCUT2D eigenvalue weighted by Gasteiger charge is -2.31. The lowest BCUT2D eigenvalue weighted by atomic mass is 9.82. The van der Waals surface area contributed by atoms with Gasteiger partial charge in [-0.25, -0.2) is 0 Å². The fraction of sp³-hybridized carbons (Fsp3) is 0.440. The highest BCUT2D eigenvalue weighted by Gasteiger charge is 2.66. The molecule has 0 saturated carbocycles. The van der Waals surface area contributed by atoms with Gasteiger partial charge in [0.1, 0.15) is 0 Å². The van der Waals surface area contributed by atoms with E-state index in [1.54, 1.807) is 60.6 Å². The Bertz CT molecular complexity index is 1180. The molecule has 4 rings (SSSR count). The molecule has 7 nitrogen and oxygen atoms in total. The maximum absolute atomic E-state index is 15.6. The van der Waals surface area contributed by atoms with Gasteiger partial charge in [-0.05, 0) is 49.8 Å². The summed E-state index contributed by atoms with van der Waals surface area (Å²) in [5.74, 6) is -0.538. The van der Waals surface area contributed by atoms with Crippen molar-refractivity contribution in [1.82, 2.24) is 4.57 Å². The molecule has 1 amide bonds. The smallest absolute Gasteiger partial charge is 0.297 e. The first kappa shape index (κ1) is 24.4. The van der Waals surface area contributed by atoms with Crippen LogP contribution in [-0.2, 0) is 15.1 Å². The number of methoxy groups -OCH3 is 1. The predicted octanol–water partition coefficient (Wildman–Crippen LogP) is 3.54. The van der Waals surface area contributed by atoms with Gasteiger partial charge in [-0.3, -0.25) is 14.2 Å². The molecular weight excluding hydrogens is 455 g/mol. The fourth-order valence-electron chi connectivity index (χ4n) is 5.73. The van der Waals surface area contributed by atoms with Crippen molar-refractivity contribution < 1.29 is 23.5 Å². The minimum absolute atomic E-state index is 0.162. The predicted molar refractivity (Wildman–Crippen MR) is 131 cm³/mol. The Morgan fingerprint density at radius 2 is 2.06 bits per heavy atom. The number of ether oxygens (including phenoxy) is 2. The van der Waals surface area contributed by atoms with Gasteiger partial charge in [0.15, 0.2) is 11.4 Å². The normalized spacial score (nSPS) is 26.2. The number of rotatable bonds is 7. The summed E-state index contributed by atoms with van der Waals surface area (Å²) in [5, 5.41) is 9.65. The van der Waals surface area contributed by atoms with Crippen LogP contribution in [0, 0.1) is 5.92 Å². The number of aromatic nitrogens is 1. The molecule has 34 heavy (non-hydrogen) atoms. The van der Waals surface area contributed by atoms with Gasteiger partial charge in [-0.1, -0.05) is 13.0 Å². The number of amides is 1. The van der Waals surface area contributed by atoms with Gasteiger partial charge in [0.2, 0.25) is 8.41 Å². The van der Waals surface area contributed by atoms with Crippen molar-refractivity contribution in [3.05, 3.63) is 65.1 Å². The monoisotopic (exact) mass is 486 g/mol. The summed E-state index contributed by atoms with van der Waals surface area (Å²) in [7, 11) is -1.84. The Balaban J connectivity index is 1.94. The molecular formula is C25H31FN2O5Si. The Morgan fingerprint density at radius 1 is 1.32 bits per heavy atom. The van der Waals surface area contributed by atoms with E-state index >= 15 is 4.11 Å². The van der Waals surface area contributed by atoms with E-state index in [4.69, 9.17) is 9.47 Å². The van der Waals surface area contributed by atoms with Crippen LogP contribution in [0.4, 0.5) is 9.80 Å². The number of aliphatic hydroxyl groups is 1. The van der Waals surface area contributed by atoms with Crippen LogP contribution in [0.25, 0.3) is 5.69 Å². The standard InChI is InChI=1S/C25H31FN2O5Si/c1-6-12-28-19-10-9-17(27-13-7-8-21(32-3)23(27)30)15-18(19)25(24(28)31)16(2)22(34(4,5)26)20(33-25)11-14-29/h6-10,13,15-16,20,22,29H,1,11-12,14H2,2-5H3/t16-,20+,22-,25+/m0/s1. The number of pyridine rings is 1. The van der Waals surface area contributed by atoms with Crippen molar-refractivity contribution in [2.24, 2.45) is 5.92 Å². The zero-order chi connectivity index (χ0) is 24.8. The zero-order valence-electron chi connectivity index (χ0n) is 20.0. The number of aliphatic hydroxyl groups excluding tert-OH is 1. The highest BCUT2D eigenvalue weighted by atomic mass is 28.4. The molecule has 182 valence electrons. The van der Waals surface area contributed by atoms with Crippen LogP contribution in [0.5, 0.6) is 5.75 Å². The van der Waals surface area contributed by atoms with Crippen LogP contribution in [0.3, 0.4) is 0 Å². The summed E-state index contributed by atoms with van der Waals surface area (Å²) in [6, 6.07) is 8.62. The second kappa shape index (κ2) is 8.79. The average molecular weight is 487 g/mol. The number of fused-ring (bicyclic) bond motifs is 2. The number of carbonyl (C=O) groups excluding carboxylic acids is 1. The molecule has 0 unspecified atom stereocenters. The van der Waals surface area contributed by atoms with Crippen molar-refractivity contribution in [2.75, 3.05) is 25.2 Å². The number of halogens is 1. The average Bonchev–Trinajstić information content (AvgIpc) is 3.21. The molecule has 1 saturated heterocycles. The fourth-order valence-corrected chi connectivity index (χ4v) is 8.27. The molecule has 2 aliphatic rings. The number of carbonyl (C=O) groups is 1. The van der Waals surface area contributed by atoms with Crippen molar-refractivity contribution >= 4 is 20.0 Å². The van der Waals surface area contributed by atoms with Gasteiger partial charge >= 0.3 is 0 Å². The highest BCUT2D eigenvalue weighted by molar-refractivity contribution is 6.72. The highest BCUT2D eigenvalue weighted by Crippen LogP contribution is 2.60. The third kappa shape index (κ3) is 3.54. The van der Waals surface area contributed by atoms with Gasteiger partial charge in [-0.2, -0.15) is 0 Å². The van der Waals surface area contributed by atoms with Crippen LogP contribution in [0.15, 0.2) is 54.0 Å². The summed E-state index contributed by atoms with van der Waals surface area (Å²) < 4.78 is 28.7. The summed E-state index contributed by atoms with van der Waals surface area (Å²) >= 11 is 0. The van der Waals surface area contributed by atoms with E-state index in [1.165, 1.54) is 11.7 Å². The van der Waals surface area contributed by atoms with E-state index in [0.717, 1.165) is 0 Å². The SMILES string of the molecule is C=CCN1C(=O)[C@]2(O[C@H](CCO)[C@@H]([Si](C)(C)F)[C@@H]2C)c2cc(-n3cccc(OC)c3=O)ccc21. The minimum Gasteiger partial charge on any atom is -0.491 e. The van der Waals surface area contributed by atoms with Gasteiger partial charge in [-0.15, -0.1) is 6.58 Å². The van der Waals surface area contributed by atoms with E-state index < -0.39 is 31.6 Å². The third-order valence-electron chi connectivity index (χ3n) is 7.08. The second-order valence-electron chi connectivity index (χ2n) is 9.44. The molecule has 1 spiro atoms. The van der Waals surface area contributed by atoms with Gasteiger partial charge in [0.05, 0.1) is 18.9 Å². The van der Waals surface area contributed by atoms with Crippen LogP contribution in [-0.4, -0.2) is 50.4 Å². The molecule has 0 aliphatic carbocycles. The van der Waals surface area contributed by atoms with Crippen molar-refractivity contribution in [1.29, 1.82) is 0 Å². The number of benzene rings is 1. The maximum Gasteiger partial charge on any atom is 0.297 e. The summed E-state index contributed by atoms with van der Waals surface area (Å²) in [6.07, 6.45) is 2.93. The van der Waals surface area contributed by atoms with Crippen LogP contribution >= 0.6 is 0 Å². The van der Waals surface area contributed by atoms with E-state index in [-0.39, 0.29) is 36.8 Å². The lowest BCUT2D eigenvalue weighted by Crippen LogP contribution is -2.45. The Kier molecular flexibility index (Phi) is 6.30. The van der Waals surface area contributed by atoms with Crippen LogP contribution < -0.4 is 15.2 Å². The van der Waals surface area contributed by atoms with Crippen LogP contribution in [0.1, 0.15) is 18.9 Å². The third-order valence-corrected chi connectivity index (χ3v) is 9.54. The molecule has 2 aliphatic heterocycles. The van der Waals surface area contributed by atoms with Crippen molar-refractivity contribution in [2.45, 2.75) is 43.7 Å². The Hall–Kier alpha value is -2.75. The first-order valence-electron chi connectivity index (χ1n) is 11.4. The van der Waals surface area contributed by atoms with E-state index in [2.05, 4.69) is 6.58 Å². The van der Waals surface area contributed by atoms with E-state index in [9.17, 15) is 14.7 Å². The zero-order valence-corrected chi connectivity index (χ0v) is 21.0. The van der Waals surface area contributed by atoms with E-state index in [1.807, 2.05) is 6.92 Å². The molecule has 1 fully saturated rings. The Labute approximate surface area is 199 Å². The molecule has 4 atom stereocenters. The topological polar surface area (TPSA) is 81.0 Å². The first-order chi connectivity index (χ1) is 16.1. The summed E-state index contributed by atoms with van der Waals surface area (Å²) in [4.78, 5) is 28.4. The summed E-state index contributed by atoms with van der Waals surface area (Å²) in [5.41, 5.74) is -0.424. The lowest BCUT2D eigenvalue weighted by molar-refractivity contribution is -0.146. The number of nitrogens with zero attached hydrogens (tertiary/aromatic N) is 2. The molecule has 0 bridgehead atoms. The molecule has 1 aromatic heterocycles. The van der Waals surface area contributed by atoms with Gasteiger partial charge in [0, 0.05) is 42.1 Å². The first-order valence-corrected chi connectivity index (χ1v) is 14.4. The Morgan fingerprint density at radius 3 is 2.68 bits per heavy atom. The number of hydrogen-bond acceptors (Lipinski definition) is 5. The molecule has 2 aromatic rings. The largest absolute Gasteiger partial charge is 0.491 e. The molecule has 3 heterocycles.